The monoisotopic (exact) mass is 274 g/mol. The van der Waals surface area contributed by atoms with E-state index in [9.17, 15) is 0 Å². The van der Waals surface area contributed by atoms with Crippen LogP contribution in [0.1, 0.15) is 46.5 Å². The van der Waals surface area contributed by atoms with Gasteiger partial charge in [-0.2, -0.15) is 0 Å². The van der Waals surface area contributed by atoms with Gasteiger partial charge in [-0.05, 0) is 37.8 Å². The molecule has 1 atom stereocenters. The molecule has 1 fully saturated rings. The van der Waals surface area contributed by atoms with Crippen molar-refractivity contribution in [3.8, 4) is 0 Å². The lowest BCUT2D eigenvalue weighted by Gasteiger charge is -2.36. The van der Waals surface area contributed by atoms with Crippen LogP contribution in [0, 0.1) is 5.92 Å². The second-order valence-corrected chi connectivity index (χ2v) is 6.13. The SMILES string of the molecule is CCC(CC)C(C)NC1CCN(c2ccccc2)CC1. The third kappa shape index (κ3) is 3.99. The summed E-state index contributed by atoms with van der Waals surface area (Å²) >= 11 is 0. The molecular formula is C18H30N2. The Morgan fingerprint density at radius 2 is 1.70 bits per heavy atom. The first-order valence-corrected chi connectivity index (χ1v) is 8.30. The van der Waals surface area contributed by atoms with Crippen molar-refractivity contribution in [1.82, 2.24) is 5.32 Å². The molecule has 112 valence electrons. The molecule has 0 amide bonds. The van der Waals surface area contributed by atoms with Gasteiger partial charge in [-0.25, -0.2) is 0 Å². The van der Waals surface area contributed by atoms with E-state index >= 15 is 0 Å². The molecule has 0 saturated carbocycles. The number of anilines is 1. The van der Waals surface area contributed by atoms with Gasteiger partial charge >= 0.3 is 0 Å². The first-order chi connectivity index (χ1) is 9.74. The van der Waals surface area contributed by atoms with Crippen LogP contribution in [-0.2, 0) is 0 Å². The number of rotatable bonds is 6. The summed E-state index contributed by atoms with van der Waals surface area (Å²) in [5, 5.41) is 3.87. The summed E-state index contributed by atoms with van der Waals surface area (Å²) in [6.07, 6.45) is 5.10. The third-order valence-corrected chi connectivity index (χ3v) is 4.87. The van der Waals surface area contributed by atoms with Gasteiger partial charge in [0.15, 0.2) is 0 Å². The molecule has 0 spiro atoms. The average molecular weight is 274 g/mol. The van der Waals surface area contributed by atoms with Crippen molar-refractivity contribution in [2.45, 2.75) is 58.5 Å². The molecule has 20 heavy (non-hydrogen) atoms. The molecule has 1 aromatic rings. The number of benzene rings is 1. The van der Waals surface area contributed by atoms with Crippen molar-refractivity contribution in [3.05, 3.63) is 30.3 Å². The molecule has 0 bridgehead atoms. The Labute approximate surface area is 124 Å². The number of para-hydroxylation sites is 1. The molecule has 1 N–H and O–H groups in total. The molecular weight excluding hydrogens is 244 g/mol. The average Bonchev–Trinajstić information content (AvgIpc) is 2.50. The van der Waals surface area contributed by atoms with E-state index in [1.165, 1.54) is 44.5 Å². The minimum Gasteiger partial charge on any atom is -0.371 e. The van der Waals surface area contributed by atoms with Gasteiger partial charge in [-0.3, -0.25) is 0 Å². The van der Waals surface area contributed by atoms with Gasteiger partial charge in [0.05, 0.1) is 0 Å². The number of hydrogen-bond acceptors (Lipinski definition) is 2. The minimum atomic E-state index is 0.651. The first kappa shape index (κ1) is 15.4. The van der Waals surface area contributed by atoms with Gasteiger partial charge in [-0.15, -0.1) is 0 Å². The standard InChI is InChI=1S/C18H30N2/c1-4-16(5-2)15(3)19-17-11-13-20(14-12-17)18-9-7-6-8-10-18/h6-10,15-17,19H,4-5,11-14H2,1-3H3. The predicted octanol–water partition coefficient (Wildman–Crippen LogP) is 4.07. The Hall–Kier alpha value is -1.02. The van der Waals surface area contributed by atoms with Crippen LogP contribution < -0.4 is 10.2 Å². The van der Waals surface area contributed by atoms with Gasteiger partial charge < -0.3 is 10.2 Å². The summed E-state index contributed by atoms with van der Waals surface area (Å²) in [6.45, 7) is 9.34. The molecule has 1 heterocycles. The maximum Gasteiger partial charge on any atom is 0.0366 e. The summed E-state index contributed by atoms with van der Waals surface area (Å²) < 4.78 is 0. The molecule has 0 aliphatic carbocycles. The molecule has 1 unspecified atom stereocenters. The molecule has 2 heteroatoms. The van der Waals surface area contributed by atoms with Gasteiger partial charge in [0.1, 0.15) is 0 Å². The molecule has 0 radical (unpaired) electrons. The maximum atomic E-state index is 3.87. The zero-order chi connectivity index (χ0) is 14.4. The van der Waals surface area contributed by atoms with Crippen molar-refractivity contribution in [2.75, 3.05) is 18.0 Å². The molecule has 1 aliphatic heterocycles. The van der Waals surface area contributed by atoms with Crippen LogP contribution in [0.2, 0.25) is 0 Å². The Balaban J connectivity index is 1.80. The van der Waals surface area contributed by atoms with E-state index in [1.807, 2.05) is 0 Å². The largest absolute Gasteiger partial charge is 0.371 e. The summed E-state index contributed by atoms with van der Waals surface area (Å²) in [7, 11) is 0. The van der Waals surface area contributed by atoms with Crippen LogP contribution in [0.15, 0.2) is 30.3 Å². The Bertz CT molecular complexity index is 364. The van der Waals surface area contributed by atoms with Gasteiger partial charge in [0, 0.05) is 30.9 Å². The highest BCUT2D eigenvalue weighted by Gasteiger charge is 2.22. The first-order valence-electron chi connectivity index (χ1n) is 8.30. The van der Waals surface area contributed by atoms with E-state index in [4.69, 9.17) is 0 Å². The fourth-order valence-corrected chi connectivity index (χ4v) is 3.45. The van der Waals surface area contributed by atoms with Gasteiger partial charge in [0.2, 0.25) is 0 Å². The van der Waals surface area contributed by atoms with E-state index in [1.54, 1.807) is 0 Å². The van der Waals surface area contributed by atoms with E-state index < -0.39 is 0 Å². The van der Waals surface area contributed by atoms with E-state index in [0.717, 1.165) is 5.92 Å². The lowest BCUT2D eigenvalue weighted by atomic mass is 9.93. The van der Waals surface area contributed by atoms with Crippen molar-refractivity contribution in [3.63, 3.8) is 0 Å². The number of nitrogens with zero attached hydrogens (tertiary/aromatic N) is 1. The highest BCUT2D eigenvalue weighted by molar-refractivity contribution is 5.46. The number of hydrogen-bond donors (Lipinski definition) is 1. The van der Waals surface area contributed by atoms with Gasteiger partial charge in [0.25, 0.3) is 0 Å². The molecule has 2 nitrogen and oxygen atoms in total. The van der Waals surface area contributed by atoms with Crippen LogP contribution in [0.3, 0.4) is 0 Å². The Morgan fingerprint density at radius 1 is 1.10 bits per heavy atom. The summed E-state index contributed by atoms with van der Waals surface area (Å²) in [5.41, 5.74) is 1.37. The van der Waals surface area contributed by atoms with E-state index in [2.05, 4.69) is 61.3 Å². The van der Waals surface area contributed by atoms with Crippen molar-refractivity contribution in [2.24, 2.45) is 5.92 Å². The second-order valence-electron chi connectivity index (χ2n) is 6.13. The molecule has 1 saturated heterocycles. The van der Waals surface area contributed by atoms with Crippen LogP contribution >= 0.6 is 0 Å². The molecule has 0 aromatic heterocycles. The highest BCUT2D eigenvalue weighted by atomic mass is 15.1. The summed E-state index contributed by atoms with van der Waals surface area (Å²) in [5.74, 6) is 0.821. The van der Waals surface area contributed by atoms with Crippen molar-refractivity contribution in [1.29, 1.82) is 0 Å². The van der Waals surface area contributed by atoms with Crippen molar-refractivity contribution < 1.29 is 0 Å². The zero-order valence-corrected chi connectivity index (χ0v) is 13.3. The Morgan fingerprint density at radius 3 is 2.25 bits per heavy atom. The highest BCUT2D eigenvalue weighted by Crippen LogP contribution is 2.21. The number of nitrogens with one attached hydrogen (secondary N) is 1. The quantitative estimate of drug-likeness (QED) is 0.841. The minimum absolute atomic E-state index is 0.651. The smallest absolute Gasteiger partial charge is 0.0366 e. The second kappa shape index (κ2) is 7.68. The van der Waals surface area contributed by atoms with E-state index in [-0.39, 0.29) is 0 Å². The molecule has 1 aromatic carbocycles. The summed E-state index contributed by atoms with van der Waals surface area (Å²) in [6, 6.07) is 12.2. The molecule has 2 rings (SSSR count). The lowest BCUT2D eigenvalue weighted by molar-refractivity contribution is 0.296. The fourth-order valence-electron chi connectivity index (χ4n) is 3.45. The number of piperidine rings is 1. The maximum absolute atomic E-state index is 3.87. The Kier molecular flexibility index (Phi) is 5.90. The van der Waals surface area contributed by atoms with E-state index in [0.29, 0.717) is 12.1 Å². The lowest BCUT2D eigenvalue weighted by Crippen LogP contribution is -2.47. The van der Waals surface area contributed by atoms with Crippen LogP contribution in [0.25, 0.3) is 0 Å². The zero-order valence-electron chi connectivity index (χ0n) is 13.3. The topological polar surface area (TPSA) is 15.3 Å². The van der Waals surface area contributed by atoms with Gasteiger partial charge in [-0.1, -0.05) is 44.9 Å². The van der Waals surface area contributed by atoms with Crippen LogP contribution in [0.5, 0.6) is 0 Å². The van der Waals surface area contributed by atoms with Crippen molar-refractivity contribution >= 4 is 5.69 Å². The third-order valence-electron chi connectivity index (χ3n) is 4.87. The van der Waals surface area contributed by atoms with Crippen LogP contribution in [-0.4, -0.2) is 25.2 Å². The molecule has 1 aliphatic rings. The fraction of sp³-hybridized carbons (Fsp3) is 0.667. The summed E-state index contributed by atoms with van der Waals surface area (Å²) in [4.78, 5) is 2.51. The normalized spacial score (nSPS) is 18.5. The van der Waals surface area contributed by atoms with Crippen LogP contribution in [0.4, 0.5) is 5.69 Å². The predicted molar refractivity (Wildman–Crippen MR) is 88.3 cm³/mol.